The maximum absolute atomic E-state index is 12.3. The highest BCUT2D eigenvalue weighted by Crippen LogP contribution is 2.29. The Bertz CT molecular complexity index is 601. The fourth-order valence-electron chi connectivity index (χ4n) is 2.65. The highest BCUT2D eigenvalue weighted by molar-refractivity contribution is 5.31. The highest BCUT2D eigenvalue weighted by atomic mass is 16.5. The summed E-state index contributed by atoms with van der Waals surface area (Å²) in [7, 11) is 0. The van der Waals surface area contributed by atoms with Crippen molar-refractivity contribution < 1.29 is 4.74 Å². The first-order valence-electron chi connectivity index (χ1n) is 7.11. The van der Waals surface area contributed by atoms with Crippen LogP contribution in [0.1, 0.15) is 40.0 Å². The number of nitrogens with zero attached hydrogens (tertiary/aromatic N) is 2. The molecule has 1 aromatic rings. The van der Waals surface area contributed by atoms with Gasteiger partial charge in [-0.2, -0.15) is 0 Å². The van der Waals surface area contributed by atoms with Gasteiger partial charge >= 0.3 is 5.69 Å². The molecule has 0 radical (unpaired) electrons. The first-order valence-corrected chi connectivity index (χ1v) is 7.11. The summed E-state index contributed by atoms with van der Waals surface area (Å²) < 4.78 is 8.56. The molecule has 2 heterocycles. The minimum absolute atomic E-state index is 0.104. The van der Waals surface area contributed by atoms with Crippen molar-refractivity contribution >= 4 is 5.69 Å². The lowest BCUT2D eigenvalue weighted by atomic mass is 10.1. The molecule has 2 rings (SSSR count). The van der Waals surface area contributed by atoms with Crippen molar-refractivity contribution in [2.24, 2.45) is 0 Å². The highest BCUT2D eigenvalue weighted by Gasteiger charge is 2.32. The van der Waals surface area contributed by atoms with Gasteiger partial charge in [0.25, 0.3) is 5.56 Å². The van der Waals surface area contributed by atoms with Crippen LogP contribution in [0.2, 0.25) is 0 Å². The van der Waals surface area contributed by atoms with Crippen LogP contribution in [0.3, 0.4) is 0 Å². The van der Waals surface area contributed by atoms with E-state index in [0.29, 0.717) is 6.54 Å². The van der Waals surface area contributed by atoms with E-state index in [1.54, 1.807) is 0 Å². The molecule has 1 unspecified atom stereocenters. The zero-order chi connectivity index (χ0) is 14.9. The average molecular weight is 281 g/mol. The molecular formula is C14H23N3O3. The summed E-state index contributed by atoms with van der Waals surface area (Å²) >= 11 is 0. The number of ether oxygens (including phenoxy) is 1. The summed E-state index contributed by atoms with van der Waals surface area (Å²) in [4.78, 5) is 24.4. The fourth-order valence-corrected chi connectivity index (χ4v) is 2.65. The van der Waals surface area contributed by atoms with Gasteiger partial charge < -0.3 is 10.5 Å². The number of nitrogens with two attached hydrogens (primary N) is 1. The van der Waals surface area contributed by atoms with Gasteiger partial charge in [-0.1, -0.05) is 6.92 Å². The van der Waals surface area contributed by atoms with Gasteiger partial charge in [0.2, 0.25) is 0 Å². The second-order valence-electron chi connectivity index (χ2n) is 6.01. The molecule has 0 saturated carbocycles. The topological polar surface area (TPSA) is 79.2 Å². The minimum Gasteiger partial charge on any atom is -0.393 e. The first-order chi connectivity index (χ1) is 9.34. The van der Waals surface area contributed by atoms with Gasteiger partial charge in [-0.05, 0) is 33.1 Å². The molecule has 0 amide bonds. The molecule has 1 aliphatic heterocycles. The van der Waals surface area contributed by atoms with Crippen LogP contribution >= 0.6 is 0 Å². The van der Waals surface area contributed by atoms with E-state index in [1.807, 2.05) is 20.8 Å². The second-order valence-corrected chi connectivity index (χ2v) is 6.01. The Morgan fingerprint density at radius 1 is 1.45 bits per heavy atom. The summed E-state index contributed by atoms with van der Waals surface area (Å²) in [5.74, 6) is 0. The number of aromatic nitrogens is 2. The van der Waals surface area contributed by atoms with E-state index in [1.165, 1.54) is 15.3 Å². The molecule has 20 heavy (non-hydrogen) atoms. The number of hydrogen-bond acceptors (Lipinski definition) is 4. The summed E-state index contributed by atoms with van der Waals surface area (Å²) in [5.41, 5.74) is 4.91. The number of nitrogen functional groups attached to an aromatic ring is 1. The molecule has 0 bridgehead atoms. The fraction of sp³-hybridized carbons (Fsp3) is 0.714. The van der Waals surface area contributed by atoms with E-state index in [2.05, 4.69) is 0 Å². The Labute approximate surface area is 118 Å². The van der Waals surface area contributed by atoms with Crippen molar-refractivity contribution in [3.63, 3.8) is 0 Å². The van der Waals surface area contributed by atoms with Crippen molar-refractivity contribution in [2.45, 2.75) is 64.8 Å². The molecule has 2 N–H and O–H groups in total. The Morgan fingerprint density at radius 2 is 2.15 bits per heavy atom. The SMILES string of the molecule is CCCn1cc(N)c(=O)n(CC2CCC(C)(C)O2)c1=O. The molecule has 6 nitrogen and oxygen atoms in total. The lowest BCUT2D eigenvalue weighted by molar-refractivity contribution is -0.0226. The van der Waals surface area contributed by atoms with Gasteiger partial charge in [-0.25, -0.2) is 4.79 Å². The average Bonchev–Trinajstić information content (AvgIpc) is 2.71. The van der Waals surface area contributed by atoms with Crippen LogP contribution < -0.4 is 17.0 Å². The van der Waals surface area contributed by atoms with Crippen LogP contribution in [0.25, 0.3) is 0 Å². The van der Waals surface area contributed by atoms with Gasteiger partial charge in [0.1, 0.15) is 5.69 Å². The molecule has 1 aliphatic rings. The van der Waals surface area contributed by atoms with Crippen molar-refractivity contribution in [3.05, 3.63) is 27.0 Å². The molecule has 1 fully saturated rings. The zero-order valence-electron chi connectivity index (χ0n) is 12.4. The number of rotatable bonds is 4. The molecule has 1 atom stereocenters. The van der Waals surface area contributed by atoms with E-state index in [9.17, 15) is 9.59 Å². The van der Waals surface area contributed by atoms with Crippen LogP contribution in [0.5, 0.6) is 0 Å². The Morgan fingerprint density at radius 3 is 2.70 bits per heavy atom. The summed E-state index contributed by atoms with van der Waals surface area (Å²) in [6.45, 7) is 6.84. The molecule has 1 aromatic heterocycles. The van der Waals surface area contributed by atoms with Gasteiger partial charge in [-0.15, -0.1) is 0 Å². The van der Waals surface area contributed by atoms with Crippen LogP contribution in [-0.2, 0) is 17.8 Å². The molecular weight excluding hydrogens is 258 g/mol. The standard InChI is InChI=1S/C14H23N3O3/c1-4-7-16-9-11(15)12(18)17(13(16)19)8-10-5-6-14(2,3)20-10/h9-10H,4-8,15H2,1-3H3. The smallest absolute Gasteiger partial charge is 0.331 e. The van der Waals surface area contributed by atoms with Crippen LogP contribution in [0.4, 0.5) is 5.69 Å². The van der Waals surface area contributed by atoms with E-state index in [4.69, 9.17) is 10.5 Å². The third-order valence-electron chi connectivity index (χ3n) is 3.67. The summed E-state index contributed by atoms with van der Waals surface area (Å²) in [6.07, 6.45) is 3.92. The Hall–Kier alpha value is -1.56. The molecule has 6 heteroatoms. The van der Waals surface area contributed by atoms with Crippen molar-refractivity contribution in [2.75, 3.05) is 5.73 Å². The zero-order valence-corrected chi connectivity index (χ0v) is 12.4. The predicted octanol–water partition coefficient (Wildman–Crippen LogP) is 0.960. The normalized spacial score (nSPS) is 21.2. The van der Waals surface area contributed by atoms with Crippen molar-refractivity contribution in [1.29, 1.82) is 0 Å². The van der Waals surface area contributed by atoms with Crippen molar-refractivity contribution in [3.8, 4) is 0 Å². The quantitative estimate of drug-likeness (QED) is 0.891. The van der Waals surface area contributed by atoms with Gasteiger partial charge in [0, 0.05) is 12.7 Å². The van der Waals surface area contributed by atoms with E-state index >= 15 is 0 Å². The number of anilines is 1. The lowest BCUT2D eigenvalue weighted by Gasteiger charge is -2.20. The third-order valence-corrected chi connectivity index (χ3v) is 3.67. The van der Waals surface area contributed by atoms with E-state index < -0.39 is 5.56 Å². The largest absolute Gasteiger partial charge is 0.393 e. The van der Waals surface area contributed by atoms with Crippen molar-refractivity contribution in [1.82, 2.24) is 9.13 Å². The molecule has 0 spiro atoms. The minimum atomic E-state index is -0.421. The second kappa shape index (κ2) is 5.44. The molecule has 0 aromatic carbocycles. The number of hydrogen-bond donors (Lipinski definition) is 1. The maximum atomic E-state index is 12.3. The molecule has 0 aliphatic carbocycles. The van der Waals surface area contributed by atoms with Gasteiger partial charge in [-0.3, -0.25) is 13.9 Å². The van der Waals surface area contributed by atoms with Crippen LogP contribution in [-0.4, -0.2) is 20.8 Å². The van der Waals surface area contributed by atoms with Gasteiger partial charge in [0.05, 0.1) is 18.2 Å². The van der Waals surface area contributed by atoms with Crippen LogP contribution in [0, 0.1) is 0 Å². The first kappa shape index (κ1) is 14.8. The predicted molar refractivity (Wildman–Crippen MR) is 77.9 cm³/mol. The lowest BCUT2D eigenvalue weighted by Crippen LogP contribution is -2.43. The van der Waals surface area contributed by atoms with E-state index in [-0.39, 0.29) is 29.6 Å². The Kier molecular flexibility index (Phi) is 4.04. The van der Waals surface area contributed by atoms with E-state index in [0.717, 1.165) is 19.3 Å². The Balaban J connectivity index is 2.32. The maximum Gasteiger partial charge on any atom is 0.331 e. The summed E-state index contributed by atoms with van der Waals surface area (Å²) in [5, 5.41) is 0. The van der Waals surface area contributed by atoms with Gasteiger partial charge in [0.15, 0.2) is 0 Å². The molecule has 1 saturated heterocycles. The van der Waals surface area contributed by atoms with Crippen LogP contribution in [0.15, 0.2) is 15.8 Å². The third kappa shape index (κ3) is 2.95. The summed E-state index contributed by atoms with van der Waals surface area (Å²) in [6, 6.07) is 0. The monoisotopic (exact) mass is 281 g/mol. The molecule has 112 valence electrons. The number of aryl methyl sites for hydroxylation is 1.